The van der Waals surface area contributed by atoms with E-state index in [9.17, 15) is 18.0 Å². The summed E-state index contributed by atoms with van der Waals surface area (Å²) in [5.74, 6) is 0.469. The smallest absolute Gasteiger partial charge is 0.423 e. The minimum absolute atomic E-state index is 0.140. The van der Waals surface area contributed by atoms with Crippen LogP contribution < -0.4 is 5.32 Å². The van der Waals surface area contributed by atoms with Crippen LogP contribution >= 0.6 is 0 Å². The van der Waals surface area contributed by atoms with Gasteiger partial charge in [0.05, 0.1) is 13.0 Å². The molecule has 0 aliphatic rings. The molecule has 21 heavy (non-hydrogen) atoms. The zero-order valence-corrected chi connectivity index (χ0v) is 11.8. The van der Waals surface area contributed by atoms with Crippen molar-refractivity contribution in [1.82, 2.24) is 0 Å². The van der Waals surface area contributed by atoms with Crippen molar-refractivity contribution < 1.29 is 22.7 Å². The third-order valence-corrected chi connectivity index (χ3v) is 2.88. The third kappa shape index (κ3) is 3.69. The average molecular weight is 299 g/mol. The summed E-state index contributed by atoms with van der Waals surface area (Å²) in [5.41, 5.74) is -1.93. The fourth-order valence-electron chi connectivity index (χ4n) is 1.74. The van der Waals surface area contributed by atoms with Gasteiger partial charge in [0.25, 0.3) is 0 Å². The van der Waals surface area contributed by atoms with E-state index in [1.165, 1.54) is 19.1 Å². The Labute approximate surface area is 121 Å². The van der Waals surface area contributed by atoms with Crippen molar-refractivity contribution in [2.45, 2.75) is 32.0 Å². The molecule has 0 bridgehead atoms. The van der Waals surface area contributed by atoms with Crippen LogP contribution in [0.4, 0.5) is 18.9 Å². The maximum atomic E-state index is 13.4. The van der Waals surface area contributed by atoms with Gasteiger partial charge in [0, 0.05) is 5.69 Å². The first kappa shape index (κ1) is 16.9. The van der Waals surface area contributed by atoms with Crippen molar-refractivity contribution in [3.63, 3.8) is 0 Å². The van der Waals surface area contributed by atoms with E-state index in [1.54, 1.807) is 19.1 Å². The number of hydrogen-bond acceptors (Lipinski definition) is 3. The van der Waals surface area contributed by atoms with Crippen LogP contribution in [0.3, 0.4) is 0 Å². The van der Waals surface area contributed by atoms with Crippen LogP contribution in [0.25, 0.3) is 0 Å². The zero-order valence-electron chi connectivity index (χ0n) is 11.8. The molecule has 0 aromatic heterocycles. The number of anilines is 1. The predicted octanol–water partition coefficient (Wildman–Crippen LogP) is 3.29. The Kier molecular flexibility index (Phi) is 5.25. The van der Waals surface area contributed by atoms with Gasteiger partial charge >= 0.3 is 12.1 Å². The Morgan fingerprint density at radius 3 is 2.33 bits per heavy atom. The van der Waals surface area contributed by atoms with Gasteiger partial charge in [-0.15, -0.1) is 12.3 Å². The summed E-state index contributed by atoms with van der Waals surface area (Å²) in [6.45, 7) is 3.06. The SMILES string of the molecule is C#CCC(Nc1ccc(C)cc1)(C(=O)OCC)C(F)(F)F. The van der Waals surface area contributed by atoms with Crippen molar-refractivity contribution in [2.75, 3.05) is 11.9 Å². The largest absolute Gasteiger partial charge is 0.464 e. The molecule has 114 valence electrons. The van der Waals surface area contributed by atoms with Crippen LogP contribution in [-0.2, 0) is 9.53 Å². The van der Waals surface area contributed by atoms with Crippen LogP contribution in [0.5, 0.6) is 0 Å². The lowest BCUT2D eigenvalue weighted by Gasteiger charge is -2.33. The second kappa shape index (κ2) is 6.53. The van der Waals surface area contributed by atoms with Crippen molar-refractivity contribution in [2.24, 2.45) is 0 Å². The van der Waals surface area contributed by atoms with Gasteiger partial charge < -0.3 is 10.1 Å². The molecular weight excluding hydrogens is 283 g/mol. The molecule has 0 saturated heterocycles. The van der Waals surface area contributed by atoms with Crippen LogP contribution in [-0.4, -0.2) is 24.3 Å². The highest BCUT2D eigenvalue weighted by molar-refractivity contribution is 5.86. The number of benzene rings is 1. The Morgan fingerprint density at radius 1 is 1.33 bits per heavy atom. The number of alkyl halides is 3. The molecule has 1 atom stereocenters. The predicted molar refractivity (Wildman–Crippen MR) is 73.7 cm³/mol. The molecule has 0 heterocycles. The number of hydrogen-bond donors (Lipinski definition) is 1. The zero-order chi connectivity index (χ0) is 16.1. The van der Waals surface area contributed by atoms with Crippen molar-refractivity contribution in [3.05, 3.63) is 29.8 Å². The lowest BCUT2D eigenvalue weighted by atomic mass is 9.94. The molecule has 1 aromatic rings. The average Bonchev–Trinajstić information content (AvgIpc) is 2.39. The van der Waals surface area contributed by atoms with Gasteiger partial charge in [-0.05, 0) is 26.0 Å². The second-order valence-corrected chi connectivity index (χ2v) is 4.50. The van der Waals surface area contributed by atoms with Crippen molar-refractivity contribution in [3.8, 4) is 12.3 Å². The summed E-state index contributed by atoms with van der Waals surface area (Å²) in [6, 6.07) is 6.16. The fraction of sp³-hybridized carbons (Fsp3) is 0.400. The summed E-state index contributed by atoms with van der Waals surface area (Å²) in [7, 11) is 0. The first-order chi connectivity index (χ1) is 9.76. The van der Waals surface area contributed by atoms with Crippen molar-refractivity contribution in [1.29, 1.82) is 0 Å². The van der Waals surface area contributed by atoms with E-state index in [4.69, 9.17) is 6.42 Å². The number of aryl methyl sites for hydroxylation is 1. The van der Waals surface area contributed by atoms with Crippen LogP contribution in [0, 0.1) is 19.3 Å². The minimum atomic E-state index is -4.89. The lowest BCUT2D eigenvalue weighted by Crippen LogP contribution is -2.58. The molecule has 0 spiro atoms. The molecule has 3 nitrogen and oxygen atoms in total. The van der Waals surface area contributed by atoms with Gasteiger partial charge in [-0.1, -0.05) is 17.7 Å². The van der Waals surface area contributed by atoms with Gasteiger partial charge in [0.1, 0.15) is 0 Å². The highest BCUT2D eigenvalue weighted by atomic mass is 19.4. The fourth-order valence-corrected chi connectivity index (χ4v) is 1.74. The van der Waals surface area contributed by atoms with E-state index in [2.05, 4.69) is 10.1 Å². The molecule has 0 aliphatic carbocycles. The molecule has 0 amide bonds. The molecule has 1 aromatic carbocycles. The van der Waals surface area contributed by atoms with Crippen LogP contribution in [0.2, 0.25) is 0 Å². The topological polar surface area (TPSA) is 38.3 Å². The third-order valence-electron chi connectivity index (χ3n) is 2.88. The van der Waals surface area contributed by atoms with Gasteiger partial charge in [-0.2, -0.15) is 13.2 Å². The van der Waals surface area contributed by atoms with E-state index in [0.29, 0.717) is 0 Å². The summed E-state index contributed by atoms with van der Waals surface area (Å²) in [4.78, 5) is 11.9. The van der Waals surface area contributed by atoms with E-state index >= 15 is 0 Å². The highest BCUT2D eigenvalue weighted by Gasteiger charge is 2.61. The lowest BCUT2D eigenvalue weighted by molar-refractivity contribution is -0.199. The number of terminal acetylenes is 1. The molecule has 1 unspecified atom stereocenters. The highest BCUT2D eigenvalue weighted by Crippen LogP contribution is 2.37. The van der Waals surface area contributed by atoms with Crippen LogP contribution in [0.1, 0.15) is 18.9 Å². The molecule has 6 heteroatoms. The van der Waals surface area contributed by atoms with Gasteiger partial charge in [-0.3, -0.25) is 0 Å². The Balaban J connectivity index is 3.25. The Morgan fingerprint density at radius 2 is 1.90 bits per heavy atom. The number of esters is 1. The van der Waals surface area contributed by atoms with E-state index in [0.717, 1.165) is 5.56 Å². The number of carbonyl (C=O) groups excluding carboxylic acids is 1. The summed E-state index contributed by atoms with van der Waals surface area (Å²) < 4.78 is 44.9. The summed E-state index contributed by atoms with van der Waals surface area (Å²) >= 11 is 0. The number of carbonyl (C=O) groups is 1. The maximum absolute atomic E-state index is 13.4. The van der Waals surface area contributed by atoms with Crippen LogP contribution in [0.15, 0.2) is 24.3 Å². The number of halogens is 3. The molecule has 0 aliphatic heterocycles. The Bertz CT molecular complexity index is 531. The van der Waals surface area contributed by atoms with E-state index in [-0.39, 0.29) is 12.3 Å². The monoisotopic (exact) mass is 299 g/mol. The molecule has 0 saturated carbocycles. The molecule has 0 fully saturated rings. The minimum Gasteiger partial charge on any atom is -0.464 e. The molecule has 1 N–H and O–H groups in total. The standard InChI is InChI=1S/C15H16F3NO2/c1-4-10-14(15(16,17)18,13(20)21-5-2)19-12-8-6-11(3)7-9-12/h1,6-9,19H,5,10H2,2-3H3. The van der Waals surface area contributed by atoms with Gasteiger partial charge in [-0.25, -0.2) is 4.79 Å². The van der Waals surface area contributed by atoms with Gasteiger partial charge in [0.15, 0.2) is 0 Å². The normalized spacial score (nSPS) is 13.9. The summed E-state index contributed by atoms with van der Waals surface area (Å²) in [5, 5.41) is 2.20. The maximum Gasteiger partial charge on any atom is 0.423 e. The number of nitrogens with one attached hydrogen (secondary N) is 1. The molecular formula is C15H16F3NO2. The summed E-state index contributed by atoms with van der Waals surface area (Å²) in [6.07, 6.45) is -0.725. The number of rotatable bonds is 5. The quantitative estimate of drug-likeness (QED) is 0.670. The van der Waals surface area contributed by atoms with Crippen molar-refractivity contribution >= 4 is 11.7 Å². The van der Waals surface area contributed by atoms with Gasteiger partial charge in [0.2, 0.25) is 5.54 Å². The van der Waals surface area contributed by atoms with E-state index < -0.39 is 24.1 Å². The molecule has 1 rings (SSSR count). The molecule has 0 radical (unpaired) electrons. The first-order valence-electron chi connectivity index (χ1n) is 6.29. The Hall–Kier alpha value is -2.16. The first-order valence-corrected chi connectivity index (χ1v) is 6.29. The number of ether oxygens (including phenoxy) is 1. The van der Waals surface area contributed by atoms with E-state index in [1.807, 2.05) is 5.92 Å². The second-order valence-electron chi connectivity index (χ2n) is 4.50.